The van der Waals surface area contributed by atoms with Crippen molar-refractivity contribution in [2.75, 3.05) is 19.6 Å². The number of ether oxygens (including phenoxy) is 1. The van der Waals surface area contributed by atoms with Gasteiger partial charge in [0.1, 0.15) is 5.60 Å². The molecule has 21 heavy (non-hydrogen) atoms. The summed E-state index contributed by atoms with van der Waals surface area (Å²) in [7, 11) is 0. The van der Waals surface area contributed by atoms with Crippen LogP contribution >= 0.6 is 0 Å². The van der Waals surface area contributed by atoms with Gasteiger partial charge in [0.25, 0.3) is 0 Å². The van der Waals surface area contributed by atoms with Crippen molar-refractivity contribution in [1.29, 1.82) is 0 Å². The van der Waals surface area contributed by atoms with Gasteiger partial charge in [-0.25, -0.2) is 4.79 Å². The topological polar surface area (TPSA) is 41.6 Å². The molecular formula is C11H16F6N2O2. The minimum absolute atomic E-state index is 0.187. The van der Waals surface area contributed by atoms with Gasteiger partial charge in [-0.3, -0.25) is 4.90 Å². The van der Waals surface area contributed by atoms with E-state index in [1.165, 1.54) is 20.8 Å². The van der Waals surface area contributed by atoms with Gasteiger partial charge in [-0.15, -0.1) is 0 Å². The second-order valence-electron chi connectivity index (χ2n) is 5.66. The lowest BCUT2D eigenvalue weighted by Crippen LogP contribution is -2.76. The van der Waals surface area contributed by atoms with Crippen LogP contribution in [0.4, 0.5) is 31.1 Å². The first-order valence-corrected chi connectivity index (χ1v) is 6.07. The first-order valence-electron chi connectivity index (χ1n) is 6.07. The van der Waals surface area contributed by atoms with Crippen molar-refractivity contribution >= 4 is 6.09 Å². The average molecular weight is 322 g/mol. The normalized spacial score (nSPS) is 20.3. The molecule has 1 rings (SSSR count). The zero-order valence-electron chi connectivity index (χ0n) is 11.7. The molecule has 1 heterocycles. The van der Waals surface area contributed by atoms with Crippen LogP contribution in [0.5, 0.6) is 0 Å². The van der Waals surface area contributed by atoms with E-state index in [-0.39, 0.29) is 11.4 Å². The van der Waals surface area contributed by atoms with Crippen LogP contribution < -0.4 is 5.32 Å². The first-order chi connectivity index (χ1) is 9.22. The number of amides is 1. The molecule has 0 atom stereocenters. The molecule has 0 aromatic rings. The van der Waals surface area contributed by atoms with Crippen molar-refractivity contribution in [3.8, 4) is 0 Å². The van der Waals surface area contributed by atoms with Gasteiger partial charge in [-0.1, -0.05) is 0 Å². The van der Waals surface area contributed by atoms with Crippen LogP contribution in [0, 0.1) is 0 Å². The van der Waals surface area contributed by atoms with Crippen molar-refractivity contribution in [1.82, 2.24) is 10.2 Å². The van der Waals surface area contributed by atoms with Crippen LogP contribution in [0.15, 0.2) is 0 Å². The molecule has 0 spiro atoms. The van der Waals surface area contributed by atoms with Gasteiger partial charge in [0.05, 0.1) is 0 Å². The number of hydrogen-bond donors (Lipinski definition) is 1. The Hall–Kier alpha value is -1.19. The Kier molecular flexibility index (Phi) is 4.44. The maximum atomic E-state index is 13.1. The van der Waals surface area contributed by atoms with Crippen molar-refractivity contribution in [3.05, 3.63) is 0 Å². The van der Waals surface area contributed by atoms with Gasteiger partial charge in [-0.2, -0.15) is 26.3 Å². The van der Waals surface area contributed by atoms with Gasteiger partial charge >= 0.3 is 18.4 Å². The number of carbonyl (C=O) groups excluding carboxylic acids is 1. The third-order valence-corrected chi connectivity index (χ3v) is 2.91. The molecule has 0 radical (unpaired) electrons. The molecule has 4 nitrogen and oxygen atoms in total. The van der Waals surface area contributed by atoms with E-state index in [4.69, 9.17) is 0 Å². The molecule has 10 heteroatoms. The number of rotatable bonds is 0. The summed E-state index contributed by atoms with van der Waals surface area (Å²) in [6.45, 7) is 1.67. The van der Waals surface area contributed by atoms with Crippen LogP contribution in [0.25, 0.3) is 0 Å². The molecule has 0 saturated carbocycles. The van der Waals surface area contributed by atoms with Gasteiger partial charge in [0.2, 0.25) is 5.54 Å². The molecule has 1 aliphatic rings. The zero-order valence-corrected chi connectivity index (χ0v) is 11.7. The van der Waals surface area contributed by atoms with Crippen LogP contribution in [0.2, 0.25) is 0 Å². The van der Waals surface area contributed by atoms with Crippen molar-refractivity contribution in [2.24, 2.45) is 0 Å². The molecule has 1 amide bonds. The van der Waals surface area contributed by atoms with Gasteiger partial charge in [0.15, 0.2) is 0 Å². The number of nitrogens with zero attached hydrogens (tertiary/aromatic N) is 1. The summed E-state index contributed by atoms with van der Waals surface area (Å²) in [6.07, 6.45) is -13.0. The summed E-state index contributed by atoms with van der Waals surface area (Å²) in [5, 5.41) is 2.05. The van der Waals surface area contributed by atoms with Crippen LogP contribution in [-0.4, -0.2) is 54.1 Å². The van der Waals surface area contributed by atoms with E-state index in [1.807, 2.05) is 5.32 Å². The summed E-state index contributed by atoms with van der Waals surface area (Å²) in [6, 6.07) is 0. The molecule has 1 N–H and O–H groups in total. The molecular weight excluding hydrogens is 306 g/mol. The molecule has 0 aromatic carbocycles. The summed E-state index contributed by atoms with van der Waals surface area (Å²) in [5.41, 5.74) is -5.49. The zero-order chi connectivity index (χ0) is 16.7. The minimum atomic E-state index is -5.68. The quantitative estimate of drug-likeness (QED) is 0.697. The fraction of sp³-hybridized carbons (Fsp3) is 0.909. The highest BCUT2D eigenvalue weighted by Gasteiger charge is 2.75. The lowest BCUT2D eigenvalue weighted by atomic mass is 9.93. The SMILES string of the molecule is CC(C)(C)OC(=O)N1CCNCC1(C(F)(F)F)C(F)(F)F. The number of nitrogens with one attached hydrogen (secondary N) is 1. The van der Waals surface area contributed by atoms with Crippen molar-refractivity contribution in [2.45, 2.75) is 44.3 Å². The second-order valence-corrected chi connectivity index (χ2v) is 5.66. The Balaban J connectivity index is 3.28. The molecule has 0 bridgehead atoms. The third kappa shape index (κ3) is 3.35. The van der Waals surface area contributed by atoms with Crippen molar-refractivity contribution in [3.63, 3.8) is 0 Å². The summed E-state index contributed by atoms with van der Waals surface area (Å²) >= 11 is 0. The number of hydrogen-bond acceptors (Lipinski definition) is 3. The molecule has 0 unspecified atom stereocenters. The lowest BCUT2D eigenvalue weighted by Gasteiger charge is -2.48. The molecule has 0 aromatic heterocycles. The van der Waals surface area contributed by atoms with Crippen LogP contribution in [-0.2, 0) is 4.74 Å². The maximum absolute atomic E-state index is 13.1. The van der Waals surface area contributed by atoms with Crippen LogP contribution in [0.1, 0.15) is 20.8 Å². The standard InChI is InChI=1S/C11H16F6N2O2/c1-8(2,3)21-7(20)19-5-4-18-6-9(19,10(12,13)14)11(15,16)17/h18H,4-6H2,1-3H3. The average Bonchev–Trinajstić information content (AvgIpc) is 2.23. The number of halogens is 6. The Morgan fingerprint density at radius 1 is 1.10 bits per heavy atom. The number of carbonyl (C=O) groups is 1. The third-order valence-electron chi connectivity index (χ3n) is 2.91. The minimum Gasteiger partial charge on any atom is -0.444 e. The fourth-order valence-electron chi connectivity index (χ4n) is 1.98. The Morgan fingerprint density at radius 2 is 1.57 bits per heavy atom. The fourth-order valence-corrected chi connectivity index (χ4v) is 1.98. The Morgan fingerprint density at radius 3 is 1.95 bits per heavy atom. The highest BCUT2D eigenvalue weighted by molar-refractivity contribution is 5.70. The van der Waals surface area contributed by atoms with E-state index in [0.717, 1.165) is 0 Å². The van der Waals surface area contributed by atoms with Gasteiger partial charge in [-0.05, 0) is 20.8 Å². The largest absolute Gasteiger partial charge is 0.444 e. The van der Waals surface area contributed by atoms with E-state index in [0.29, 0.717) is 0 Å². The van der Waals surface area contributed by atoms with Gasteiger partial charge in [0, 0.05) is 19.6 Å². The van der Waals surface area contributed by atoms with Crippen molar-refractivity contribution < 1.29 is 35.9 Å². The van der Waals surface area contributed by atoms with E-state index in [1.54, 1.807) is 0 Å². The van der Waals surface area contributed by atoms with E-state index >= 15 is 0 Å². The summed E-state index contributed by atoms with van der Waals surface area (Å²) in [4.78, 5) is 11.5. The first kappa shape index (κ1) is 17.9. The summed E-state index contributed by atoms with van der Waals surface area (Å²) < 4.78 is 83.4. The smallest absolute Gasteiger partial charge is 0.422 e. The molecule has 1 fully saturated rings. The molecule has 0 aliphatic carbocycles. The van der Waals surface area contributed by atoms with Gasteiger partial charge < -0.3 is 10.1 Å². The monoisotopic (exact) mass is 322 g/mol. The summed E-state index contributed by atoms with van der Waals surface area (Å²) in [5.74, 6) is 0. The molecule has 1 saturated heterocycles. The predicted molar refractivity (Wildman–Crippen MR) is 60.7 cm³/mol. The lowest BCUT2D eigenvalue weighted by molar-refractivity contribution is -0.337. The second kappa shape index (κ2) is 5.22. The Bertz CT molecular complexity index is 385. The van der Waals surface area contributed by atoms with E-state index < -0.39 is 42.7 Å². The van der Waals surface area contributed by atoms with E-state index in [9.17, 15) is 31.1 Å². The molecule has 124 valence electrons. The van der Waals surface area contributed by atoms with E-state index in [2.05, 4.69) is 4.74 Å². The predicted octanol–water partition coefficient (Wildman–Crippen LogP) is 2.69. The Labute approximate surface area is 117 Å². The highest BCUT2D eigenvalue weighted by Crippen LogP contribution is 2.48. The number of alkyl halides is 6. The highest BCUT2D eigenvalue weighted by atomic mass is 19.4. The molecule has 1 aliphatic heterocycles. The maximum Gasteiger partial charge on any atom is 0.422 e. The van der Waals surface area contributed by atoms with Crippen LogP contribution in [0.3, 0.4) is 0 Å². The number of piperazine rings is 1.